The van der Waals surface area contributed by atoms with Crippen LogP contribution in [0.5, 0.6) is 11.5 Å². The number of hydrogen-bond acceptors (Lipinski definition) is 6. The number of rotatable bonds is 13. The molecule has 1 unspecified atom stereocenters. The summed E-state index contributed by atoms with van der Waals surface area (Å²) in [4.78, 5) is 19.2. The van der Waals surface area contributed by atoms with Crippen LogP contribution in [0.2, 0.25) is 0 Å². The van der Waals surface area contributed by atoms with Crippen molar-refractivity contribution < 1.29 is 14.3 Å². The molecule has 0 amide bonds. The van der Waals surface area contributed by atoms with E-state index in [0.717, 1.165) is 61.1 Å². The molecule has 0 aliphatic rings. The van der Waals surface area contributed by atoms with Crippen molar-refractivity contribution in [2.45, 2.75) is 40.5 Å². The van der Waals surface area contributed by atoms with Gasteiger partial charge in [-0.05, 0) is 110 Å². The molecule has 0 spiro atoms. The molecule has 64 heavy (non-hydrogen) atoms. The molecule has 2 N–H and O–H groups in total. The van der Waals surface area contributed by atoms with Crippen LogP contribution in [-0.2, 0) is 0 Å². The predicted octanol–water partition coefficient (Wildman–Crippen LogP) is 15.3. The number of nitrogens with two attached hydrogens (primary N) is 1. The molecule has 1 aromatic heterocycles. The van der Waals surface area contributed by atoms with Crippen LogP contribution in [0.15, 0.2) is 170 Å². The van der Waals surface area contributed by atoms with Gasteiger partial charge in [-0.15, -0.1) is 11.3 Å². The average Bonchev–Trinajstić information content (AvgIpc) is 3.78. The smallest absolute Gasteiger partial charge is 0.170 e. The number of Topliss-reactive ketones (excluding diaryl/α,β-unsaturated/α-hetero) is 1. The van der Waals surface area contributed by atoms with Crippen molar-refractivity contribution in [3.63, 3.8) is 0 Å². The number of benzene rings is 6. The van der Waals surface area contributed by atoms with Crippen LogP contribution in [0.1, 0.15) is 84.3 Å². The molecule has 7 aromatic rings. The first-order valence-corrected chi connectivity index (χ1v) is 22.4. The van der Waals surface area contributed by atoms with Crippen LogP contribution in [0.25, 0.3) is 56.6 Å². The summed E-state index contributed by atoms with van der Waals surface area (Å²) in [7, 11) is 3.30. The fourth-order valence-corrected chi connectivity index (χ4v) is 7.88. The largest absolute Gasteiger partial charge is 0.497 e. The molecule has 0 aliphatic carbocycles. The molecule has 6 aromatic carbocycles. The highest BCUT2D eigenvalue weighted by Crippen LogP contribution is 2.41. The van der Waals surface area contributed by atoms with Gasteiger partial charge in [0.1, 0.15) is 21.5 Å². The third kappa shape index (κ3) is 13.5. The Balaban J connectivity index is 0.000000202. The zero-order valence-electron chi connectivity index (χ0n) is 37.6. The number of carbonyl (C=O) groups is 1. The molecule has 0 saturated heterocycles. The first kappa shape index (κ1) is 48.1. The number of nitrogens with zero attached hydrogens (tertiary/aromatic N) is 1. The molecule has 1 heterocycles. The topological polar surface area (TPSA) is 74.4 Å². The quantitative estimate of drug-likeness (QED) is 0.0919. The van der Waals surface area contributed by atoms with Gasteiger partial charge in [-0.2, -0.15) is 0 Å². The summed E-state index contributed by atoms with van der Waals surface area (Å²) in [5, 5.41) is 1.00. The third-order valence-electron chi connectivity index (χ3n) is 10.2. The SMILES string of the molecule is C/C=C/c1ccc(-c2nc(-c3ccc(OC)cc3)sc2-c2ccc(/C=C/C)cc2)cc1.C/C=C/c1ccc(C(=O)C(C)c2ccc(/C=C/C)cc2)cc1.COc1ccc(C(N)=S)cc1. The average molecular weight is 881 g/mol. The van der Waals surface area contributed by atoms with Gasteiger partial charge >= 0.3 is 0 Å². The fraction of sp³-hybridized carbons (Fsp3) is 0.140. The highest BCUT2D eigenvalue weighted by Gasteiger charge is 2.18. The molecule has 7 rings (SSSR count). The van der Waals surface area contributed by atoms with Gasteiger partial charge < -0.3 is 15.2 Å². The zero-order valence-corrected chi connectivity index (χ0v) is 39.3. The molecule has 0 saturated carbocycles. The minimum absolute atomic E-state index is 0.132. The van der Waals surface area contributed by atoms with Gasteiger partial charge in [-0.25, -0.2) is 4.98 Å². The van der Waals surface area contributed by atoms with Crippen LogP contribution in [0.3, 0.4) is 0 Å². The molecular formula is C57H56N2O3S2. The summed E-state index contributed by atoms with van der Waals surface area (Å²) in [5.41, 5.74) is 17.1. The number of methoxy groups -OCH3 is 2. The lowest BCUT2D eigenvalue weighted by molar-refractivity contribution is 0.0966. The molecule has 0 fully saturated rings. The summed E-state index contributed by atoms with van der Waals surface area (Å²) < 4.78 is 10.3. The second-order valence-corrected chi connectivity index (χ2v) is 16.1. The molecule has 0 bridgehead atoms. The van der Waals surface area contributed by atoms with Gasteiger partial charge in [0.15, 0.2) is 5.78 Å². The minimum Gasteiger partial charge on any atom is -0.497 e. The van der Waals surface area contributed by atoms with Crippen LogP contribution in [0, 0.1) is 0 Å². The summed E-state index contributed by atoms with van der Waals surface area (Å²) in [6.45, 7) is 10.0. The van der Waals surface area contributed by atoms with Crippen molar-refractivity contribution in [3.8, 4) is 43.8 Å². The van der Waals surface area contributed by atoms with Crippen molar-refractivity contribution in [1.82, 2.24) is 4.98 Å². The Bertz CT molecular complexity index is 2600. The Kier molecular flexibility index (Phi) is 18.5. The lowest BCUT2D eigenvalue weighted by Crippen LogP contribution is -2.09. The Labute approximate surface area is 389 Å². The number of ether oxygens (including phenoxy) is 2. The number of aromatic nitrogens is 1. The predicted molar refractivity (Wildman–Crippen MR) is 278 cm³/mol. The van der Waals surface area contributed by atoms with Crippen molar-refractivity contribution >= 4 is 58.6 Å². The number of thiazole rings is 1. The van der Waals surface area contributed by atoms with Gasteiger partial charge in [0.25, 0.3) is 0 Å². The van der Waals surface area contributed by atoms with E-state index in [2.05, 4.69) is 91.0 Å². The molecule has 5 nitrogen and oxygen atoms in total. The first-order valence-electron chi connectivity index (χ1n) is 21.2. The number of thiocarbonyl (C=S) groups is 1. The Morgan fingerprint density at radius 3 is 1.34 bits per heavy atom. The lowest BCUT2D eigenvalue weighted by Gasteiger charge is -2.11. The van der Waals surface area contributed by atoms with Gasteiger partial charge in [0.2, 0.25) is 0 Å². The maximum Gasteiger partial charge on any atom is 0.170 e. The lowest BCUT2D eigenvalue weighted by atomic mass is 9.91. The van der Waals surface area contributed by atoms with Crippen molar-refractivity contribution in [3.05, 3.63) is 209 Å². The molecule has 324 valence electrons. The van der Waals surface area contributed by atoms with E-state index in [4.69, 9.17) is 32.4 Å². The summed E-state index contributed by atoms with van der Waals surface area (Å²) in [6, 6.07) is 48.6. The van der Waals surface area contributed by atoms with Gasteiger partial charge in [0.05, 0.1) is 24.8 Å². The van der Waals surface area contributed by atoms with Crippen molar-refractivity contribution in [2.24, 2.45) is 5.73 Å². The molecule has 0 aliphatic heterocycles. The van der Waals surface area contributed by atoms with E-state index >= 15 is 0 Å². The van der Waals surface area contributed by atoms with Crippen molar-refractivity contribution in [2.75, 3.05) is 14.2 Å². The van der Waals surface area contributed by atoms with Crippen LogP contribution < -0.4 is 15.2 Å². The van der Waals surface area contributed by atoms with E-state index in [9.17, 15) is 4.79 Å². The summed E-state index contributed by atoms with van der Waals surface area (Å²) in [5.74, 6) is 1.68. The second kappa shape index (κ2) is 24.6. The van der Waals surface area contributed by atoms with E-state index in [1.807, 2.05) is 138 Å². The highest BCUT2D eigenvalue weighted by molar-refractivity contribution is 7.80. The first-order chi connectivity index (χ1) is 31.1. The second-order valence-electron chi connectivity index (χ2n) is 14.6. The molecule has 1 atom stereocenters. The van der Waals surface area contributed by atoms with Gasteiger partial charge in [0, 0.05) is 28.2 Å². The monoisotopic (exact) mass is 880 g/mol. The summed E-state index contributed by atoms with van der Waals surface area (Å²) >= 11 is 6.50. The maximum atomic E-state index is 12.6. The van der Waals surface area contributed by atoms with Crippen molar-refractivity contribution in [1.29, 1.82) is 0 Å². The molecular weight excluding hydrogens is 825 g/mol. The Morgan fingerprint density at radius 2 is 0.922 bits per heavy atom. The minimum atomic E-state index is -0.132. The number of carbonyl (C=O) groups excluding carboxylic acids is 1. The zero-order chi connectivity index (χ0) is 45.8. The standard InChI is InChI=1S/C28H25NOS.C21H22O.C8H9NOS/c1-4-6-20-8-12-22(13-9-20)26-27(23-14-10-21(7-5-2)11-15-23)31-28(29-26)24-16-18-25(30-3)19-17-24;1-4-6-17-8-12-19(13-9-17)16(3)21(22)20-14-10-18(7-5-2)11-15-20;1-10-7-4-2-6(3-5-7)8(9)11/h4-19H,1-3H3;4-16H,1-3H3;2-5H,1H3,(H2,9,11)/b2*6-4+,7-5+;. The van der Waals surface area contributed by atoms with E-state index in [-0.39, 0.29) is 11.7 Å². The molecule has 7 heteroatoms. The van der Waals surface area contributed by atoms with Crippen LogP contribution in [0.4, 0.5) is 0 Å². The number of ketones is 1. The Morgan fingerprint density at radius 1 is 0.547 bits per heavy atom. The van der Waals surface area contributed by atoms with E-state index in [1.165, 1.54) is 21.6 Å². The van der Waals surface area contributed by atoms with Crippen LogP contribution >= 0.6 is 23.6 Å². The van der Waals surface area contributed by atoms with Gasteiger partial charge in [-0.1, -0.05) is 165 Å². The fourth-order valence-electron chi connectivity index (χ4n) is 6.65. The highest BCUT2D eigenvalue weighted by atomic mass is 32.1. The van der Waals surface area contributed by atoms with Crippen LogP contribution in [-0.4, -0.2) is 30.0 Å². The number of allylic oxidation sites excluding steroid dienone is 4. The number of hydrogen-bond donors (Lipinski definition) is 1. The van der Waals surface area contributed by atoms with E-state index < -0.39 is 0 Å². The molecule has 0 radical (unpaired) electrons. The van der Waals surface area contributed by atoms with Gasteiger partial charge in [-0.3, -0.25) is 4.79 Å². The normalized spacial score (nSPS) is 11.5. The Hall–Kier alpha value is -6.93. The third-order valence-corrected chi connectivity index (χ3v) is 11.5. The van der Waals surface area contributed by atoms with E-state index in [0.29, 0.717) is 4.99 Å². The van der Waals surface area contributed by atoms with E-state index in [1.54, 1.807) is 25.6 Å². The maximum absolute atomic E-state index is 12.6. The summed E-state index contributed by atoms with van der Waals surface area (Å²) in [6.07, 6.45) is 16.4.